The van der Waals surface area contributed by atoms with Gasteiger partial charge in [-0.3, -0.25) is 0 Å². The van der Waals surface area contributed by atoms with Crippen LogP contribution in [-0.4, -0.2) is 32.4 Å². The second kappa shape index (κ2) is 5.52. The molecule has 0 spiro atoms. The van der Waals surface area contributed by atoms with Crippen LogP contribution < -0.4 is 5.73 Å². The third kappa shape index (κ3) is 2.93. The normalized spacial score (nSPS) is 18.7. The second-order valence-corrected chi connectivity index (χ2v) is 6.56. The predicted octanol–water partition coefficient (Wildman–Crippen LogP) is 1.32. The van der Waals surface area contributed by atoms with Gasteiger partial charge in [-0.25, -0.2) is 17.2 Å². The molecule has 0 radical (unpaired) electrons. The number of nitrogens with zero attached hydrogens (tertiary/aromatic N) is 1. The van der Waals surface area contributed by atoms with E-state index in [1.807, 2.05) is 0 Å². The summed E-state index contributed by atoms with van der Waals surface area (Å²) in [5, 5.41) is 0. The molecule has 0 aliphatic carbocycles. The maximum Gasteiger partial charge on any atom is 0.246 e. The van der Waals surface area contributed by atoms with Gasteiger partial charge in [0.25, 0.3) is 0 Å². The minimum Gasteiger partial charge on any atom is -0.330 e. The van der Waals surface area contributed by atoms with Crippen LogP contribution in [0.3, 0.4) is 0 Å². The largest absolute Gasteiger partial charge is 0.330 e. The molecule has 1 saturated heterocycles. The molecule has 0 bridgehead atoms. The van der Waals surface area contributed by atoms with E-state index in [-0.39, 0.29) is 0 Å². The molecule has 0 unspecified atom stereocenters. The van der Waals surface area contributed by atoms with Gasteiger partial charge in [0, 0.05) is 13.1 Å². The van der Waals surface area contributed by atoms with Gasteiger partial charge < -0.3 is 5.73 Å². The van der Waals surface area contributed by atoms with Crippen LogP contribution in [0.25, 0.3) is 0 Å². The monoisotopic (exact) mass is 290 g/mol. The zero-order chi connectivity index (χ0) is 14.0. The summed E-state index contributed by atoms with van der Waals surface area (Å²) < 4.78 is 52.3. The Morgan fingerprint density at radius 3 is 2.47 bits per heavy atom. The summed E-state index contributed by atoms with van der Waals surface area (Å²) in [6, 6.07) is 2.45. The highest BCUT2D eigenvalue weighted by molar-refractivity contribution is 7.89. The molecule has 0 amide bonds. The van der Waals surface area contributed by atoms with Crippen molar-refractivity contribution in [1.29, 1.82) is 0 Å². The van der Waals surface area contributed by atoms with Crippen LogP contribution in [0, 0.1) is 17.6 Å². The van der Waals surface area contributed by atoms with Gasteiger partial charge in [0.05, 0.1) is 0 Å². The summed E-state index contributed by atoms with van der Waals surface area (Å²) in [4.78, 5) is -0.598. The first-order chi connectivity index (χ1) is 8.95. The quantitative estimate of drug-likeness (QED) is 0.913. The molecule has 2 N–H and O–H groups in total. The number of piperidine rings is 1. The first-order valence-electron chi connectivity index (χ1n) is 6.10. The van der Waals surface area contributed by atoms with Crippen LogP contribution in [0.15, 0.2) is 23.1 Å². The number of rotatable bonds is 3. The summed E-state index contributed by atoms with van der Waals surface area (Å²) in [6.07, 6.45) is 1.29. The Bertz CT molecular complexity index is 555. The zero-order valence-electron chi connectivity index (χ0n) is 10.4. The van der Waals surface area contributed by atoms with Gasteiger partial charge in [-0.05, 0) is 43.5 Å². The first-order valence-corrected chi connectivity index (χ1v) is 7.54. The van der Waals surface area contributed by atoms with Crippen LogP contribution in [0.1, 0.15) is 12.8 Å². The van der Waals surface area contributed by atoms with E-state index in [2.05, 4.69) is 0 Å². The van der Waals surface area contributed by atoms with Gasteiger partial charge in [0.1, 0.15) is 16.5 Å². The minimum absolute atomic E-state index is 0.292. The Morgan fingerprint density at radius 2 is 1.89 bits per heavy atom. The average Bonchev–Trinajstić information content (AvgIpc) is 2.41. The maximum atomic E-state index is 13.6. The Kier molecular flexibility index (Phi) is 4.17. The van der Waals surface area contributed by atoms with E-state index in [0.717, 1.165) is 18.2 Å². The smallest absolute Gasteiger partial charge is 0.246 e. The molecular weight excluding hydrogens is 274 g/mol. The molecule has 106 valence electrons. The molecule has 19 heavy (non-hydrogen) atoms. The first kappa shape index (κ1) is 14.4. The van der Waals surface area contributed by atoms with Gasteiger partial charge in [-0.1, -0.05) is 0 Å². The molecule has 1 fully saturated rings. The highest BCUT2D eigenvalue weighted by atomic mass is 32.2. The molecule has 4 nitrogen and oxygen atoms in total. The van der Waals surface area contributed by atoms with Crippen molar-refractivity contribution in [3.63, 3.8) is 0 Å². The van der Waals surface area contributed by atoms with Crippen molar-refractivity contribution in [2.75, 3.05) is 19.6 Å². The molecule has 0 saturated carbocycles. The summed E-state index contributed by atoms with van der Waals surface area (Å²) >= 11 is 0. The van der Waals surface area contributed by atoms with Gasteiger partial charge in [-0.2, -0.15) is 4.31 Å². The lowest BCUT2D eigenvalue weighted by molar-refractivity contribution is 0.277. The van der Waals surface area contributed by atoms with Crippen molar-refractivity contribution in [1.82, 2.24) is 4.31 Å². The number of sulfonamides is 1. The van der Waals surface area contributed by atoms with Crippen LogP contribution in [0.2, 0.25) is 0 Å². The lowest BCUT2D eigenvalue weighted by Gasteiger charge is -2.30. The fourth-order valence-corrected chi connectivity index (χ4v) is 3.74. The minimum atomic E-state index is -3.97. The fraction of sp³-hybridized carbons (Fsp3) is 0.500. The molecule has 1 aromatic rings. The van der Waals surface area contributed by atoms with Crippen molar-refractivity contribution < 1.29 is 17.2 Å². The third-order valence-corrected chi connectivity index (χ3v) is 5.33. The standard InChI is InChI=1S/C12H16F2N2O2S/c13-10-1-2-11(14)12(7-10)19(17,18)16-5-3-9(8-15)4-6-16/h1-2,7,9H,3-6,8,15H2. The molecule has 1 aromatic carbocycles. The number of benzene rings is 1. The van der Waals surface area contributed by atoms with E-state index >= 15 is 0 Å². The van der Waals surface area contributed by atoms with Crippen LogP contribution >= 0.6 is 0 Å². The van der Waals surface area contributed by atoms with E-state index in [0.29, 0.717) is 38.4 Å². The average molecular weight is 290 g/mol. The Hall–Kier alpha value is -1.05. The molecule has 1 aliphatic rings. The third-order valence-electron chi connectivity index (χ3n) is 3.42. The SMILES string of the molecule is NCC1CCN(S(=O)(=O)c2cc(F)ccc2F)CC1. The second-order valence-electron chi connectivity index (χ2n) is 4.66. The molecule has 0 atom stereocenters. The molecule has 1 aliphatic heterocycles. The van der Waals surface area contributed by atoms with Crippen LogP contribution in [0.5, 0.6) is 0 Å². The molecule has 7 heteroatoms. The Labute approximate surface area is 111 Å². The van der Waals surface area contributed by atoms with Crippen LogP contribution in [-0.2, 0) is 10.0 Å². The Balaban J connectivity index is 2.26. The van der Waals surface area contributed by atoms with Gasteiger partial charge in [0.15, 0.2) is 0 Å². The summed E-state index contributed by atoms with van der Waals surface area (Å²) in [5.74, 6) is -1.40. The molecule has 2 rings (SSSR count). The lowest BCUT2D eigenvalue weighted by Crippen LogP contribution is -2.40. The highest BCUT2D eigenvalue weighted by Gasteiger charge is 2.31. The molecular formula is C12H16F2N2O2S. The van der Waals surface area contributed by atoms with Gasteiger partial charge >= 0.3 is 0 Å². The van der Waals surface area contributed by atoms with E-state index in [4.69, 9.17) is 5.73 Å². The van der Waals surface area contributed by atoms with Crippen molar-refractivity contribution >= 4 is 10.0 Å². The topological polar surface area (TPSA) is 63.4 Å². The van der Waals surface area contributed by atoms with Crippen molar-refractivity contribution in [3.05, 3.63) is 29.8 Å². The predicted molar refractivity (Wildman–Crippen MR) is 66.9 cm³/mol. The Morgan fingerprint density at radius 1 is 1.26 bits per heavy atom. The van der Waals surface area contributed by atoms with Crippen molar-refractivity contribution in [3.8, 4) is 0 Å². The number of hydrogen-bond acceptors (Lipinski definition) is 3. The van der Waals surface area contributed by atoms with Crippen molar-refractivity contribution in [2.24, 2.45) is 11.7 Å². The van der Waals surface area contributed by atoms with E-state index in [1.54, 1.807) is 0 Å². The van der Waals surface area contributed by atoms with Crippen LogP contribution in [0.4, 0.5) is 8.78 Å². The number of hydrogen-bond donors (Lipinski definition) is 1. The van der Waals surface area contributed by atoms with E-state index < -0.39 is 26.6 Å². The summed E-state index contributed by atoms with van der Waals surface area (Å²) in [5.41, 5.74) is 5.54. The summed E-state index contributed by atoms with van der Waals surface area (Å²) in [7, 11) is -3.97. The van der Waals surface area contributed by atoms with Gasteiger partial charge in [0.2, 0.25) is 10.0 Å². The van der Waals surface area contributed by atoms with Crippen molar-refractivity contribution in [2.45, 2.75) is 17.7 Å². The lowest BCUT2D eigenvalue weighted by atomic mass is 9.99. The number of nitrogens with two attached hydrogens (primary N) is 1. The zero-order valence-corrected chi connectivity index (χ0v) is 11.2. The molecule has 0 aromatic heterocycles. The van der Waals surface area contributed by atoms with E-state index in [1.165, 1.54) is 4.31 Å². The number of halogens is 2. The van der Waals surface area contributed by atoms with E-state index in [9.17, 15) is 17.2 Å². The fourth-order valence-electron chi connectivity index (χ4n) is 2.20. The maximum absolute atomic E-state index is 13.6. The highest BCUT2D eigenvalue weighted by Crippen LogP contribution is 2.25. The summed E-state index contributed by atoms with van der Waals surface area (Å²) in [6.45, 7) is 1.10. The van der Waals surface area contributed by atoms with Gasteiger partial charge in [-0.15, -0.1) is 0 Å². The molecule has 1 heterocycles.